The molecule has 1 amide bonds. The van der Waals surface area contributed by atoms with Gasteiger partial charge in [-0.15, -0.1) is 0 Å². The van der Waals surface area contributed by atoms with Gasteiger partial charge in [0.25, 0.3) is 5.91 Å². The van der Waals surface area contributed by atoms with Crippen molar-refractivity contribution in [1.82, 2.24) is 4.98 Å². The van der Waals surface area contributed by atoms with Gasteiger partial charge in [-0.2, -0.15) is 5.26 Å². The number of hydrogen-bond donors (Lipinski definition) is 2. The van der Waals surface area contributed by atoms with Gasteiger partial charge in [0.15, 0.2) is 0 Å². The van der Waals surface area contributed by atoms with Crippen LogP contribution in [0.1, 0.15) is 45.8 Å². The maximum atomic E-state index is 12.4. The van der Waals surface area contributed by atoms with Gasteiger partial charge in [-0.25, -0.2) is 4.79 Å². The maximum absolute atomic E-state index is 12.4. The van der Waals surface area contributed by atoms with Gasteiger partial charge < -0.3 is 10.4 Å². The van der Waals surface area contributed by atoms with Crippen molar-refractivity contribution in [2.45, 2.75) is 26.2 Å². The summed E-state index contributed by atoms with van der Waals surface area (Å²) >= 11 is 0. The number of nitrogens with zero attached hydrogens (tertiary/aromatic N) is 2. The van der Waals surface area contributed by atoms with Crippen LogP contribution in [0.25, 0.3) is 0 Å². The van der Waals surface area contributed by atoms with Gasteiger partial charge in [0.05, 0.1) is 22.7 Å². The van der Waals surface area contributed by atoms with Crippen LogP contribution in [-0.4, -0.2) is 22.0 Å². The molecule has 2 rings (SSSR count). The minimum Gasteiger partial charge on any atom is -0.478 e. The number of carbonyl (C=O) groups is 2. The summed E-state index contributed by atoms with van der Waals surface area (Å²) in [5, 5.41) is 21.0. The van der Waals surface area contributed by atoms with Crippen molar-refractivity contribution in [1.29, 1.82) is 5.26 Å². The molecule has 6 nitrogen and oxygen atoms in total. The lowest BCUT2D eigenvalue weighted by atomic mass is 9.90. The SMILES string of the molecule is Cc1ccc(NC(=O)c2ccnc(C(C)(C)C#N)c2)cc1C(=O)O. The van der Waals surface area contributed by atoms with Crippen molar-refractivity contribution in [2.24, 2.45) is 0 Å². The lowest BCUT2D eigenvalue weighted by Gasteiger charge is -2.15. The van der Waals surface area contributed by atoms with Gasteiger partial charge in [0.1, 0.15) is 0 Å². The fourth-order valence-corrected chi connectivity index (χ4v) is 2.10. The number of carbonyl (C=O) groups excluding carboxylic acids is 1. The molecule has 0 saturated heterocycles. The molecule has 1 heterocycles. The van der Waals surface area contributed by atoms with E-state index in [2.05, 4.69) is 16.4 Å². The summed E-state index contributed by atoms with van der Waals surface area (Å²) in [5.41, 5.74) is 1.17. The number of nitriles is 1. The second-order valence-electron chi connectivity index (χ2n) is 5.96. The Hall–Kier alpha value is -3.20. The van der Waals surface area contributed by atoms with Crippen molar-refractivity contribution in [3.05, 3.63) is 58.9 Å². The highest BCUT2D eigenvalue weighted by molar-refractivity contribution is 6.05. The number of carboxylic acid groups (broad SMARTS) is 1. The fraction of sp³-hybridized carbons (Fsp3) is 0.222. The van der Waals surface area contributed by atoms with Crippen molar-refractivity contribution in [3.8, 4) is 6.07 Å². The largest absolute Gasteiger partial charge is 0.478 e. The molecule has 0 aliphatic carbocycles. The van der Waals surface area contributed by atoms with E-state index in [4.69, 9.17) is 5.11 Å². The number of rotatable bonds is 4. The zero-order valence-corrected chi connectivity index (χ0v) is 13.6. The Bertz CT molecular complexity index is 851. The predicted octanol–water partition coefficient (Wildman–Crippen LogP) is 3.14. The third-order valence-electron chi connectivity index (χ3n) is 3.67. The van der Waals surface area contributed by atoms with Gasteiger partial charge in [-0.05, 0) is 50.6 Å². The third-order valence-corrected chi connectivity index (χ3v) is 3.67. The Morgan fingerprint density at radius 2 is 1.96 bits per heavy atom. The van der Waals surface area contributed by atoms with E-state index in [1.54, 1.807) is 45.0 Å². The van der Waals surface area contributed by atoms with E-state index in [9.17, 15) is 14.9 Å². The van der Waals surface area contributed by atoms with Crippen LogP contribution in [-0.2, 0) is 5.41 Å². The smallest absolute Gasteiger partial charge is 0.336 e. The van der Waals surface area contributed by atoms with Crippen LogP contribution in [0, 0.1) is 18.3 Å². The molecule has 0 aliphatic rings. The standard InChI is InChI=1S/C18H17N3O3/c1-11-4-5-13(9-14(11)17(23)24)21-16(22)12-6-7-20-15(8-12)18(2,3)10-19/h4-9H,1-3H3,(H,21,22)(H,23,24). The fourth-order valence-electron chi connectivity index (χ4n) is 2.10. The normalized spacial score (nSPS) is 10.8. The number of nitrogens with one attached hydrogen (secondary N) is 1. The molecule has 0 bridgehead atoms. The molecule has 2 N–H and O–H groups in total. The van der Waals surface area contributed by atoms with Crippen LogP contribution < -0.4 is 5.32 Å². The average Bonchev–Trinajstić information content (AvgIpc) is 2.56. The summed E-state index contributed by atoms with van der Waals surface area (Å²) in [6, 6.07) is 9.93. The van der Waals surface area contributed by atoms with E-state index in [1.807, 2.05) is 0 Å². The quantitative estimate of drug-likeness (QED) is 0.899. The van der Waals surface area contributed by atoms with Gasteiger partial charge in [0, 0.05) is 17.4 Å². The summed E-state index contributed by atoms with van der Waals surface area (Å²) in [7, 11) is 0. The number of aromatic carboxylic acids is 1. The first-order valence-electron chi connectivity index (χ1n) is 7.27. The van der Waals surface area contributed by atoms with Gasteiger partial charge in [-0.1, -0.05) is 6.07 Å². The summed E-state index contributed by atoms with van der Waals surface area (Å²) in [5.74, 6) is -1.45. The number of aryl methyl sites for hydroxylation is 1. The van der Waals surface area contributed by atoms with Crippen molar-refractivity contribution in [3.63, 3.8) is 0 Å². The van der Waals surface area contributed by atoms with Crippen LogP contribution in [0.5, 0.6) is 0 Å². The topological polar surface area (TPSA) is 103 Å². The third kappa shape index (κ3) is 3.58. The molecule has 0 atom stereocenters. The molecule has 0 spiro atoms. The molecule has 0 radical (unpaired) electrons. The van der Waals surface area contributed by atoms with Gasteiger partial charge in [0.2, 0.25) is 0 Å². The average molecular weight is 323 g/mol. The first kappa shape index (κ1) is 17.2. The van der Waals surface area contributed by atoms with Crippen LogP contribution in [0.2, 0.25) is 0 Å². The second-order valence-corrected chi connectivity index (χ2v) is 5.96. The number of carboxylic acids is 1. The molecule has 24 heavy (non-hydrogen) atoms. The molecule has 0 unspecified atom stereocenters. The molecular weight excluding hydrogens is 306 g/mol. The highest BCUT2D eigenvalue weighted by Crippen LogP contribution is 2.21. The molecule has 0 saturated carbocycles. The second kappa shape index (κ2) is 6.50. The van der Waals surface area contributed by atoms with E-state index < -0.39 is 17.3 Å². The Kier molecular flexibility index (Phi) is 4.65. The van der Waals surface area contributed by atoms with E-state index in [1.165, 1.54) is 12.3 Å². The molecule has 1 aromatic heterocycles. The Morgan fingerprint density at radius 3 is 2.58 bits per heavy atom. The Morgan fingerprint density at radius 1 is 1.25 bits per heavy atom. The zero-order chi connectivity index (χ0) is 17.9. The van der Waals surface area contributed by atoms with E-state index in [-0.39, 0.29) is 5.56 Å². The Balaban J connectivity index is 2.28. The first-order chi connectivity index (χ1) is 11.2. The van der Waals surface area contributed by atoms with Crippen molar-refractivity contribution < 1.29 is 14.7 Å². The van der Waals surface area contributed by atoms with Crippen LogP contribution in [0.4, 0.5) is 5.69 Å². The number of aromatic nitrogens is 1. The lowest BCUT2D eigenvalue weighted by molar-refractivity contribution is 0.0695. The van der Waals surface area contributed by atoms with E-state index in [0.717, 1.165) is 0 Å². The van der Waals surface area contributed by atoms with Crippen molar-refractivity contribution >= 4 is 17.6 Å². The monoisotopic (exact) mass is 323 g/mol. The molecular formula is C18H17N3O3. The van der Waals surface area contributed by atoms with Crippen molar-refractivity contribution in [2.75, 3.05) is 5.32 Å². The minimum atomic E-state index is -1.05. The summed E-state index contributed by atoms with van der Waals surface area (Å²) in [4.78, 5) is 27.7. The number of anilines is 1. The molecule has 0 fully saturated rings. The lowest BCUT2D eigenvalue weighted by Crippen LogP contribution is -2.18. The summed E-state index contributed by atoms with van der Waals surface area (Å²) in [6.45, 7) is 5.13. The van der Waals surface area contributed by atoms with E-state index in [0.29, 0.717) is 22.5 Å². The van der Waals surface area contributed by atoms with Crippen LogP contribution >= 0.6 is 0 Å². The maximum Gasteiger partial charge on any atom is 0.336 e. The molecule has 6 heteroatoms. The highest BCUT2D eigenvalue weighted by Gasteiger charge is 2.22. The molecule has 2 aromatic rings. The van der Waals surface area contributed by atoms with Crippen LogP contribution in [0.3, 0.4) is 0 Å². The van der Waals surface area contributed by atoms with Gasteiger partial charge in [-0.3, -0.25) is 9.78 Å². The van der Waals surface area contributed by atoms with Crippen LogP contribution in [0.15, 0.2) is 36.5 Å². The number of amides is 1. The van der Waals surface area contributed by atoms with E-state index >= 15 is 0 Å². The number of benzene rings is 1. The molecule has 1 aromatic carbocycles. The minimum absolute atomic E-state index is 0.133. The highest BCUT2D eigenvalue weighted by atomic mass is 16.4. The predicted molar refractivity (Wildman–Crippen MR) is 89.0 cm³/mol. The number of hydrogen-bond acceptors (Lipinski definition) is 4. The molecule has 0 aliphatic heterocycles. The summed E-state index contributed by atoms with van der Waals surface area (Å²) < 4.78 is 0. The number of pyridine rings is 1. The molecule has 122 valence electrons. The first-order valence-corrected chi connectivity index (χ1v) is 7.27. The summed E-state index contributed by atoms with van der Waals surface area (Å²) in [6.07, 6.45) is 1.47. The Labute approximate surface area is 139 Å². The zero-order valence-electron chi connectivity index (χ0n) is 13.6. The van der Waals surface area contributed by atoms with Gasteiger partial charge >= 0.3 is 5.97 Å².